The van der Waals surface area contributed by atoms with Gasteiger partial charge in [-0.3, -0.25) is 4.79 Å². The Balaban J connectivity index is 1.89. The highest BCUT2D eigenvalue weighted by Crippen LogP contribution is 2.32. The maximum atomic E-state index is 12.5. The van der Waals surface area contributed by atoms with Crippen LogP contribution in [0, 0.1) is 0 Å². The second-order valence-electron chi connectivity index (χ2n) is 5.63. The van der Waals surface area contributed by atoms with E-state index in [1.165, 1.54) is 13.2 Å². The molecule has 0 bridgehead atoms. The van der Waals surface area contributed by atoms with Crippen molar-refractivity contribution in [1.29, 1.82) is 0 Å². The molecule has 2 aromatic carbocycles. The summed E-state index contributed by atoms with van der Waals surface area (Å²) in [6, 6.07) is 12.5. The second kappa shape index (κ2) is 6.20. The molecule has 0 atom stereocenters. The first-order chi connectivity index (χ1) is 11.5. The van der Waals surface area contributed by atoms with E-state index in [0.717, 1.165) is 11.3 Å². The number of hydrogen-bond acceptors (Lipinski definition) is 5. The van der Waals surface area contributed by atoms with Gasteiger partial charge in [-0.2, -0.15) is 0 Å². The van der Waals surface area contributed by atoms with Crippen LogP contribution in [0.15, 0.2) is 48.2 Å². The molecule has 0 fully saturated rings. The molecule has 0 saturated heterocycles. The number of fused-ring (bicyclic) bond motifs is 1. The van der Waals surface area contributed by atoms with Crippen LogP contribution < -0.4 is 9.64 Å². The van der Waals surface area contributed by atoms with E-state index in [-0.39, 0.29) is 11.5 Å². The van der Waals surface area contributed by atoms with Crippen LogP contribution in [-0.4, -0.2) is 33.0 Å². The van der Waals surface area contributed by atoms with Gasteiger partial charge in [-0.25, -0.2) is 4.79 Å². The monoisotopic (exact) mass is 323 g/mol. The summed E-state index contributed by atoms with van der Waals surface area (Å²) in [4.78, 5) is 26.1. The Kier molecular flexibility index (Phi) is 4.08. The minimum Gasteiger partial charge on any atom is -0.465 e. The normalized spacial score (nSPS) is 14.3. The van der Waals surface area contributed by atoms with E-state index in [1.807, 2.05) is 43.3 Å². The summed E-state index contributed by atoms with van der Waals surface area (Å²) in [5.74, 6) is -0.0387. The van der Waals surface area contributed by atoms with Crippen LogP contribution in [-0.2, 0) is 4.74 Å². The van der Waals surface area contributed by atoms with Gasteiger partial charge < -0.3 is 14.4 Å². The molecule has 0 saturated carbocycles. The van der Waals surface area contributed by atoms with Crippen LogP contribution in [0.25, 0.3) is 6.08 Å². The molecule has 24 heavy (non-hydrogen) atoms. The van der Waals surface area contributed by atoms with E-state index in [2.05, 4.69) is 4.74 Å². The van der Waals surface area contributed by atoms with Gasteiger partial charge in [0, 0.05) is 19.8 Å². The Labute approximate surface area is 140 Å². The number of rotatable bonds is 3. The maximum Gasteiger partial charge on any atom is 0.337 e. The zero-order valence-electron chi connectivity index (χ0n) is 13.7. The lowest BCUT2D eigenvalue weighted by Gasteiger charge is -2.11. The van der Waals surface area contributed by atoms with Crippen LogP contribution in [0.2, 0.25) is 0 Å². The lowest BCUT2D eigenvalue weighted by molar-refractivity contribution is 0.0600. The first-order valence-corrected chi connectivity index (χ1v) is 7.43. The number of methoxy groups -OCH3 is 1. The average Bonchev–Trinajstić information content (AvgIpc) is 2.90. The Bertz CT molecular complexity index is 835. The predicted octanol–water partition coefficient (Wildman–Crippen LogP) is 3.16. The number of carbonyl (C=O) groups is 2. The fraction of sp³-hybridized carbons (Fsp3) is 0.158. The molecule has 0 aromatic heterocycles. The molecule has 1 aliphatic rings. The summed E-state index contributed by atoms with van der Waals surface area (Å²) in [5, 5.41) is 0. The van der Waals surface area contributed by atoms with Crippen LogP contribution in [0.1, 0.15) is 26.3 Å². The minimum absolute atomic E-state index is 0.240. The largest absolute Gasteiger partial charge is 0.465 e. The van der Waals surface area contributed by atoms with Crippen molar-refractivity contribution in [3.63, 3.8) is 0 Å². The molecule has 0 amide bonds. The van der Waals surface area contributed by atoms with Crippen molar-refractivity contribution in [3.8, 4) is 5.75 Å². The molecular formula is C19H17NO4. The van der Waals surface area contributed by atoms with Gasteiger partial charge in [-0.05, 0) is 42.0 Å². The smallest absolute Gasteiger partial charge is 0.337 e. The molecule has 0 spiro atoms. The van der Waals surface area contributed by atoms with Gasteiger partial charge in [0.25, 0.3) is 0 Å². The zero-order chi connectivity index (χ0) is 17.3. The number of esters is 1. The number of benzene rings is 2. The van der Waals surface area contributed by atoms with Crippen molar-refractivity contribution in [1.82, 2.24) is 0 Å². The summed E-state index contributed by atoms with van der Waals surface area (Å²) in [7, 11) is 5.23. The van der Waals surface area contributed by atoms with Gasteiger partial charge in [0.1, 0.15) is 5.75 Å². The van der Waals surface area contributed by atoms with E-state index in [0.29, 0.717) is 16.9 Å². The third kappa shape index (κ3) is 2.88. The van der Waals surface area contributed by atoms with Gasteiger partial charge >= 0.3 is 5.97 Å². The fourth-order valence-corrected chi connectivity index (χ4v) is 2.45. The zero-order valence-corrected chi connectivity index (χ0v) is 13.7. The molecule has 0 unspecified atom stereocenters. The quantitative estimate of drug-likeness (QED) is 0.641. The first kappa shape index (κ1) is 15.8. The number of carbonyl (C=O) groups excluding carboxylic acids is 2. The molecule has 122 valence electrons. The summed E-state index contributed by atoms with van der Waals surface area (Å²) in [5.41, 5.74) is 2.63. The molecule has 3 rings (SSSR count). The van der Waals surface area contributed by atoms with Crippen molar-refractivity contribution in [3.05, 3.63) is 64.9 Å². The van der Waals surface area contributed by atoms with Gasteiger partial charge in [0.05, 0.1) is 18.2 Å². The minimum atomic E-state index is -0.484. The summed E-state index contributed by atoms with van der Waals surface area (Å²) in [6.07, 6.45) is 1.69. The highest BCUT2D eigenvalue weighted by molar-refractivity contribution is 6.15. The van der Waals surface area contributed by atoms with Gasteiger partial charge in [0.2, 0.25) is 5.78 Å². The molecule has 0 aliphatic carbocycles. The number of allylic oxidation sites excluding steroid dienone is 1. The third-order valence-electron chi connectivity index (χ3n) is 3.80. The van der Waals surface area contributed by atoms with Gasteiger partial charge in [-0.1, -0.05) is 12.1 Å². The van der Waals surface area contributed by atoms with E-state index in [9.17, 15) is 9.59 Å². The number of ether oxygens (including phenoxy) is 2. The number of Topliss-reactive ketones (excluding diaryl/α,β-unsaturated/α-hetero) is 1. The van der Waals surface area contributed by atoms with E-state index >= 15 is 0 Å². The van der Waals surface area contributed by atoms with Crippen molar-refractivity contribution in [2.45, 2.75) is 0 Å². The standard InChI is InChI=1S/C19H17NO4/c1-20(2)14-7-4-12(5-8-14)10-17-18(21)15-11-13(19(22)23-3)6-9-16(15)24-17/h4-11H,1-3H3/b17-10-. The van der Waals surface area contributed by atoms with E-state index in [1.54, 1.807) is 18.2 Å². The lowest BCUT2D eigenvalue weighted by Crippen LogP contribution is -2.08. The Hall–Kier alpha value is -3.08. The highest BCUT2D eigenvalue weighted by atomic mass is 16.5. The topological polar surface area (TPSA) is 55.8 Å². The number of ketones is 1. The molecule has 1 heterocycles. The second-order valence-corrected chi connectivity index (χ2v) is 5.63. The van der Waals surface area contributed by atoms with Gasteiger partial charge in [0.15, 0.2) is 5.76 Å². The maximum absolute atomic E-state index is 12.5. The molecule has 1 aliphatic heterocycles. The molecule has 0 N–H and O–H groups in total. The predicted molar refractivity (Wildman–Crippen MR) is 91.5 cm³/mol. The highest BCUT2D eigenvalue weighted by Gasteiger charge is 2.28. The molecule has 0 radical (unpaired) electrons. The summed E-state index contributed by atoms with van der Waals surface area (Å²) in [6.45, 7) is 0. The van der Waals surface area contributed by atoms with E-state index in [4.69, 9.17) is 4.74 Å². The van der Waals surface area contributed by atoms with Crippen molar-refractivity contribution < 1.29 is 19.1 Å². The van der Waals surface area contributed by atoms with Crippen molar-refractivity contribution in [2.24, 2.45) is 0 Å². The summed E-state index contributed by atoms with van der Waals surface area (Å²) >= 11 is 0. The van der Waals surface area contributed by atoms with Crippen LogP contribution >= 0.6 is 0 Å². The van der Waals surface area contributed by atoms with Crippen LogP contribution in [0.5, 0.6) is 5.75 Å². The van der Waals surface area contributed by atoms with E-state index < -0.39 is 5.97 Å². The SMILES string of the molecule is COC(=O)c1ccc2c(c1)C(=O)/C(=C/c1ccc(N(C)C)cc1)O2. The molecular weight excluding hydrogens is 306 g/mol. The Morgan fingerprint density at radius 2 is 1.83 bits per heavy atom. The lowest BCUT2D eigenvalue weighted by atomic mass is 10.1. The number of nitrogens with zero attached hydrogens (tertiary/aromatic N) is 1. The van der Waals surface area contributed by atoms with Crippen LogP contribution in [0.3, 0.4) is 0 Å². The van der Waals surface area contributed by atoms with Crippen LogP contribution in [0.4, 0.5) is 5.69 Å². The van der Waals surface area contributed by atoms with Crippen molar-refractivity contribution >= 4 is 23.5 Å². The first-order valence-electron chi connectivity index (χ1n) is 7.43. The number of anilines is 1. The van der Waals surface area contributed by atoms with Crippen molar-refractivity contribution in [2.75, 3.05) is 26.1 Å². The Morgan fingerprint density at radius 3 is 2.46 bits per heavy atom. The summed E-state index contributed by atoms with van der Waals surface area (Å²) < 4.78 is 10.3. The number of hydrogen-bond donors (Lipinski definition) is 0. The molecule has 5 nitrogen and oxygen atoms in total. The Morgan fingerprint density at radius 1 is 1.12 bits per heavy atom. The molecule has 2 aromatic rings. The fourth-order valence-electron chi connectivity index (χ4n) is 2.45. The van der Waals surface area contributed by atoms with Gasteiger partial charge in [-0.15, -0.1) is 0 Å². The molecule has 5 heteroatoms. The third-order valence-corrected chi connectivity index (χ3v) is 3.80. The average molecular weight is 323 g/mol.